The minimum atomic E-state index is -4.44. The number of carbonyl (C=O) groups excluding carboxylic acids is 1. The highest BCUT2D eigenvalue weighted by atomic mass is 19.4. The van der Waals surface area contributed by atoms with E-state index in [2.05, 4.69) is 19.9 Å². The van der Waals surface area contributed by atoms with Gasteiger partial charge in [0.2, 0.25) is 5.91 Å². The number of aryl methyl sites for hydroxylation is 1. The van der Waals surface area contributed by atoms with E-state index in [9.17, 15) is 18.0 Å². The average Bonchev–Trinajstić information content (AvgIpc) is 2.84. The Morgan fingerprint density at radius 2 is 2.33 bits per heavy atom. The molecule has 7 nitrogen and oxygen atoms in total. The van der Waals surface area contributed by atoms with Gasteiger partial charge in [-0.25, -0.2) is 4.98 Å². The number of ether oxygens (including phenoxy) is 2. The third-order valence-electron chi connectivity index (χ3n) is 2.81. The molecule has 1 saturated heterocycles. The Bertz CT molecular complexity index is 491. The fourth-order valence-corrected chi connectivity index (χ4v) is 1.88. The number of amides is 1. The zero-order chi connectivity index (χ0) is 15.5. The number of morpholine rings is 1. The lowest BCUT2D eigenvalue weighted by molar-refractivity contribution is -0.179. The molecule has 0 bridgehead atoms. The number of aromatic nitrogens is 3. The molecule has 0 aromatic carbocycles. The highest BCUT2D eigenvalue weighted by Gasteiger charge is 2.30. The van der Waals surface area contributed by atoms with Crippen LogP contribution in [0, 0.1) is 6.92 Å². The molecule has 118 valence electrons. The zero-order valence-electron chi connectivity index (χ0n) is 11.3. The standard InChI is InChI=1S/C11H15F3N4O3/c1-7-15-10(17-16-7)8-4-18(2-3-21-8)9(19)5-20-6-11(12,13)14/h8H,2-6H2,1H3,(H,15,16,17)/t8-/m1/s1. The lowest BCUT2D eigenvalue weighted by Crippen LogP contribution is -2.44. The Hall–Kier alpha value is -1.68. The Morgan fingerprint density at radius 1 is 1.57 bits per heavy atom. The maximum Gasteiger partial charge on any atom is 0.411 e. The van der Waals surface area contributed by atoms with Crippen molar-refractivity contribution >= 4 is 5.91 Å². The van der Waals surface area contributed by atoms with Crippen LogP contribution in [0.1, 0.15) is 17.8 Å². The van der Waals surface area contributed by atoms with E-state index in [1.807, 2.05) is 0 Å². The average molecular weight is 308 g/mol. The summed E-state index contributed by atoms with van der Waals surface area (Å²) in [5, 5.41) is 6.62. The predicted molar refractivity (Wildman–Crippen MR) is 63.3 cm³/mol. The van der Waals surface area contributed by atoms with Crippen LogP contribution in [0.25, 0.3) is 0 Å². The number of H-pyrrole nitrogens is 1. The highest BCUT2D eigenvalue weighted by Crippen LogP contribution is 2.19. The molecule has 2 heterocycles. The maximum absolute atomic E-state index is 11.9. The van der Waals surface area contributed by atoms with Crippen molar-refractivity contribution in [2.75, 3.05) is 32.9 Å². The number of alkyl halides is 3. The summed E-state index contributed by atoms with van der Waals surface area (Å²) in [5.74, 6) is 0.520. The Labute approximate surface area is 118 Å². The van der Waals surface area contributed by atoms with Gasteiger partial charge in [0.25, 0.3) is 0 Å². The van der Waals surface area contributed by atoms with Crippen molar-refractivity contribution in [2.45, 2.75) is 19.2 Å². The molecule has 2 rings (SSSR count). The normalized spacial score (nSPS) is 19.8. The quantitative estimate of drug-likeness (QED) is 0.880. The molecule has 1 fully saturated rings. The Kier molecular flexibility index (Phi) is 4.78. The molecule has 10 heteroatoms. The highest BCUT2D eigenvalue weighted by molar-refractivity contribution is 5.77. The van der Waals surface area contributed by atoms with E-state index in [0.717, 1.165) is 0 Å². The largest absolute Gasteiger partial charge is 0.411 e. The molecule has 0 spiro atoms. The molecule has 0 saturated carbocycles. The molecule has 1 N–H and O–H groups in total. The third-order valence-corrected chi connectivity index (χ3v) is 2.81. The number of hydrogen-bond acceptors (Lipinski definition) is 5. The second-order valence-electron chi connectivity index (χ2n) is 4.59. The van der Waals surface area contributed by atoms with Crippen LogP contribution < -0.4 is 0 Å². The van der Waals surface area contributed by atoms with Gasteiger partial charge in [-0.05, 0) is 6.92 Å². The first kappa shape index (κ1) is 15.7. The summed E-state index contributed by atoms with van der Waals surface area (Å²) in [5.41, 5.74) is 0. The molecule has 1 aromatic rings. The van der Waals surface area contributed by atoms with Crippen LogP contribution in [0.5, 0.6) is 0 Å². The van der Waals surface area contributed by atoms with Gasteiger partial charge in [0.05, 0.1) is 13.2 Å². The summed E-state index contributed by atoms with van der Waals surface area (Å²) in [4.78, 5) is 17.3. The van der Waals surface area contributed by atoms with Crippen LogP contribution >= 0.6 is 0 Å². The molecule has 0 aliphatic carbocycles. The summed E-state index contributed by atoms with van der Waals surface area (Å²) in [6.07, 6.45) is -4.93. The van der Waals surface area contributed by atoms with Gasteiger partial charge in [-0.2, -0.15) is 18.3 Å². The van der Waals surface area contributed by atoms with Gasteiger partial charge in [0, 0.05) is 6.54 Å². The van der Waals surface area contributed by atoms with Crippen molar-refractivity contribution in [1.82, 2.24) is 20.1 Å². The van der Waals surface area contributed by atoms with E-state index in [4.69, 9.17) is 4.74 Å². The predicted octanol–water partition coefficient (Wildman–Crippen LogP) is 0.592. The van der Waals surface area contributed by atoms with Crippen molar-refractivity contribution in [3.63, 3.8) is 0 Å². The van der Waals surface area contributed by atoms with Crippen molar-refractivity contribution in [3.05, 3.63) is 11.6 Å². The molecule has 1 aliphatic rings. The van der Waals surface area contributed by atoms with Crippen LogP contribution in [0.2, 0.25) is 0 Å². The van der Waals surface area contributed by atoms with Crippen LogP contribution in [0.15, 0.2) is 0 Å². The fourth-order valence-electron chi connectivity index (χ4n) is 1.88. The van der Waals surface area contributed by atoms with E-state index in [0.29, 0.717) is 18.2 Å². The van der Waals surface area contributed by atoms with E-state index in [-0.39, 0.29) is 13.2 Å². The van der Waals surface area contributed by atoms with Gasteiger partial charge in [0.1, 0.15) is 25.1 Å². The first-order valence-electron chi connectivity index (χ1n) is 6.28. The van der Waals surface area contributed by atoms with Crippen molar-refractivity contribution < 1.29 is 27.4 Å². The lowest BCUT2D eigenvalue weighted by Gasteiger charge is -2.31. The number of nitrogens with zero attached hydrogens (tertiary/aromatic N) is 3. The molecule has 1 amide bonds. The van der Waals surface area contributed by atoms with E-state index >= 15 is 0 Å². The van der Waals surface area contributed by atoms with E-state index < -0.39 is 31.4 Å². The third kappa shape index (κ3) is 4.67. The minimum absolute atomic E-state index is 0.186. The lowest BCUT2D eigenvalue weighted by atomic mass is 10.2. The zero-order valence-corrected chi connectivity index (χ0v) is 11.3. The molecule has 1 aromatic heterocycles. The van der Waals surface area contributed by atoms with E-state index in [1.54, 1.807) is 6.92 Å². The fraction of sp³-hybridized carbons (Fsp3) is 0.727. The van der Waals surface area contributed by atoms with Crippen LogP contribution in [-0.2, 0) is 14.3 Å². The van der Waals surface area contributed by atoms with Gasteiger partial charge in [0.15, 0.2) is 5.82 Å². The smallest absolute Gasteiger partial charge is 0.366 e. The number of hydrogen-bond donors (Lipinski definition) is 1. The van der Waals surface area contributed by atoms with Gasteiger partial charge >= 0.3 is 6.18 Å². The van der Waals surface area contributed by atoms with E-state index in [1.165, 1.54) is 4.90 Å². The molecular weight excluding hydrogens is 293 g/mol. The summed E-state index contributed by atoms with van der Waals surface area (Å²) >= 11 is 0. The molecule has 0 unspecified atom stereocenters. The number of halogens is 3. The molecule has 0 radical (unpaired) electrons. The van der Waals surface area contributed by atoms with Gasteiger partial charge < -0.3 is 14.4 Å². The topological polar surface area (TPSA) is 80.3 Å². The van der Waals surface area contributed by atoms with Crippen molar-refractivity contribution in [2.24, 2.45) is 0 Å². The summed E-state index contributed by atoms with van der Waals surface area (Å²) in [7, 11) is 0. The SMILES string of the molecule is Cc1nc([C@H]2CN(C(=O)COCC(F)(F)F)CCO2)n[nH]1. The molecule has 1 atom stereocenters. The molecular formula is C11H15F3N4O3. The molecule has 1 aliphatic heterocycles. The second kappa shape index (κ2) is 6.39. The second-order valence-corrected chi connectivity index (χ2v) is 4.59. The van der Waals surface area contributed by atoms with Crippen molar-refractivity contribution in [1.29, 1.82) is 0 Å². The number of aromatic amines is 1. The Balaban J connectivity index is 1.84. The van der Waals surface area contributed by atoms with Crippen molar-refractivity contribution in [3.8, 4) is 0 Å². The van der Waals surface area contributed by atoms with Gasteiger partial charge in [-0.3, -0.25) is 9.89 Å². The monoisotopic (exact) mass is 308 g/mol. The van der Waals surface area contributed by atoms with Crippen LogP contribution in [-0.4, -0.2) is 65.1 Å². The van der Waals surface area contributed by atoms with Gasteiger partial charge in [-0.1, -0.05) is 0 Å². The summed E-state index contributed by atoms with van der Waals surface area (Å²) < 4.78 is 45.7. The first-order chi connectivity index (χ1) is 9.85. The molecule has 21 heavy (non-hydrogen) atoms. The summed E-state index contributed by atoms with van der Waals surface area (Å²) in [6.45, 7) is 0.433. The maximum atomic E-state index is 11.9. The first-order valence-corrected chi connectivity index (χ1v) is 6.28. The van der Waals surface area contributed by atoms with Gasteiger partial charge in [-0.15, -0.1) is 0 Å². The van der Waals surface area contributed by atoms with Crippen LogP contribution in [0.3, 0.4) is 0 Å². The number of nitrogens with one attached hydrogen (secondary N) is 1. The number of rotatable bonds is 4. The van der Waals surface area contributed by atoms with Crippen LogP contribution in [0.4, 0.5) is 13.2 Å². The number of carbonyl (C=O) groups is 1. The minimum Gasteiger partial charge on any atom is -0.366 e. The summed E-state index contributed by atoms with van der Waals surface area (Å²) in [6, 6.07) is 0. The Morgan fingerprint density at radius 3 is 2.95 bits per heavy atom.